The molecule has 1 aliphatic rings. The molecule has 1 heterocycles. The van der Waals surface area contributed by atoms with Gasteiger partial charge in [-0.3, -0.25) is 19.6 Å². The van der Waals surface area contributed by atoms with Crippen LogP contribution in [0.1, 0.15) is 52.5 Å². The number of hydrogen-bond acceptors (Lipinski definition) is 4. The van der Waals surface area contributed by atoms with Crippen LogP contribution in [0, 0.1) is 0 Å². The van der Waals surface area contributed by atoms with Crippen LogP contribution in [0.15, 0.2) is 35.3 Å². The number of hydrogen-bond donors (Lipinski definition) is 3. The zero-order chi connectivity index (χ0) is 23.6. The highest BCUT2D eigenvalue weighted by Gasteiger charge is 2.45. The van der Waals surface area contributed by atoms with Crippen LogP contribution >= 0.6 is 0 Å². The maximum Gasteiger partial charge on any atom is 0.325 e. The van der Waals surface area contributed by atoms with Crippen LogP contribution in [0.4, 0.5) is 4.79 Å². The third kappa shape index (κ3) is 7.22. The maximum atomic E-state index is 12.5. The number of aliphatic imine (C=N–C) groups is 1. The number of carbonyl (C=O) groups excluding carboxylic acids is 2. The fraction of sp³-hybridized carbons (Fsp3) is 0.625. The average molecular weight is 445 g/mol. The summed E-state index contributed by atoms with van der Waals surface area (Å²) in [6.45, 7) is 11.4. The number of amides is 3. The Labute approximate surface area is 192 Å². The maximum absolute atomic E-state index is 12.5. The van der Waals surface area contributed by atoms with Crippen LogP contribution in [-0.4, -0.2) is 72.5 Å². The number of carbonyl (C=O) groups is 2. The molecule has 1 aliphatic heterocycles. The lowest BCUT2D eigenvalue weighted by molar-refractivity contribution is -0.130. The molecule has 0 saturated carbocycles. The van der Waals surface area contributed by atoms with Crippen LogP contribution in [0.3, 0.4) is 0 Å². The van der Waals surface area contributed by atoms with Gasteiger partial charge in [0.2, 0.25) is 0 Å². The molecule has 1 saturated heterocycles. The van der Waals surface area contributed by atoms with E-state index in [9.17, 15) is 9.59 Å². The molecule has 0 spiro atoms. The molecule has 3 amide bonds. The van der Waals surface area contributed by atoms with Crippen molar-refractivity contribution in [1.29, 1.82) is 0 Å². The largest absolute Gasteiger partial charge is 0.357 e. The molecule has 0 bridgehead atoms. The second kappa shape index (κ2) is 12.4. The van der Waals surface area contributed by atoms with Crippen molar-refractivity contribution in [2.45, 2.75) is 65.1 Å². The highest BCUT2D eigenvalue weighted by molar-refractivity contribution is 6.06. The second-order valence-corrected chi connectivity index (χ2v) is 8.65. The zero-order valence-corrected chi connectivity index (χ0v) is 20.3. The lowest BCUT2D eigenvalue weighted by Crippen LogP contribution is -2.43. The molecule has 178 valence electrons. The van der Waals surface area contributed by atoms with Crippen molar-refractivity contribution in [3.63, 3.8) is 0 Å². The van der Waals surface area contributed by atoms with Gasteiger partial charge in [0, 0.05) is 38.8 Å². The molecule has 3 N–H and O–H groups in total. The Morgan fingerprint density at radius 2 is 1.94 bits per heavy atom. The van der Waals surface area contributed by atoms with Crippen molar-refractivity contribution < 1.29 is 9.59 Å². The Morgan fingerprint density at radius 1 is 1.22 bits per heavy atom. The van der Waals surface area contributed by atoms with Crippen molar-refractivity contribution >= 4 is 17.9 Å². The van der Waals surface area contributed by atoms with Crippen molar-refractivity contribution in [1.82, 2.24) is 25.8 Å². The molecule has 2 atom stereocenters. The summed E-state index contributed by atoms with van der Waals surface area (Å²) in [7, 11) is 2.15. The second-order valence-electron chi connectivity index (χ2n) is 8.65. The molecule has 8 nitrogen and oxygen atoms in total. The Hall–Kier alpha value is -2.61. The highest BCUT2D eigenvalue weighted by Crippen LogP contribution is 2.20. The number of imide groups is 1. The van der Waals surface area contributed by atoms with Gasteiger partial charge in [0.15, 0.2) is 5.96 Å². The Kier molecular flexibility index (Phi) is 9.97. The minimum atomic E-state index is -0.777. The molecule has 2 rings (SSSR count). The van der Waals surface area contributed by atoms with E-state index in [1.807, 2.05) is 19.9 Å². The first-order chi connectivity index (χ1) is 15.3. The summed E-state index contributed by atoms with van der Waals surface area (Å²) in [5, 5.41) is 9.44. The third-order valence-corrected chi connectivity index (χ3v) is 6.09. The SMILES string of the molecule is CCNC(=NCCCN1C(=O)NC(C)(CC)C1=O)NCCC(C)N(C)Cc1ccccc1. The van der Waals surface area contributed by atoms with E-state index in [0.29, 0.717) is 32.0 Å². The predicted molar refractivity (Wildman–Crippen MR) is 130 cm³/mol. The topological polar surface area (TPSA) is 89.1 Å². The molecular weight excluding hydrogens is 404 g/mol. The van der Waals surface area contributed by atoms with E-state index in [0.717, 1.165) is 32.0 Å². The van der Waals surface area contributed by atoms with Crippen molar-refractivity contribution in [2.75, 3.05) is 33.2 Å². The average Bonchev–Trinajstić information content (AvgIpc) is 3.00. The van der Waals surface area contributed by atoms with Gasteiger partial charge in [0.1, 0.15) is 5.54 Å². The molecule has 0 aromatic heterocycles. The fourth-order valence-electron chi connectivity index (χ4n) is 3.60. The van der Waals surface area contributed by atoms with Gasteiger partial charge in [-0.15, -0.1) is 0 Å². The normalized spacial score (nSPS) is 19.9. The van der Waals surface area contributed by atoms with Gasteiger partial charge in [-0.25, -0.2) is 4.79 Å². The van der Waals surface area contributed by atoms with E-state index in [-0.39, 0.29) is 11.9 Å². The Balaban J connectivity index is 1.74. The van der Waals surface area contributed by atoms with Gasteiger partial charge in [-0.2, -0.15) is 0 Å². The first-order valence-electron chi connectivity index (χ1n) is 11.7. The van der Waals surface area contributed by atoms with E-state index >= 15 is 0 Å². The third-order valence-electron chi connectivity index (χ3n) is 6.09. The smallest absolute Gasteiger partial charge is 0.325 e. The molecule has 1 fully saturated rings. The van der Waals surface area contributed by atoms with Crippen molar-refractivity contribution in [3.8, 4) is 0 Å². The van der Waals surface area contributed by atoms with E-state index < -0.39 is 5.54 Å². The number of nitrogens with zero attached hydrogens (tertiary/aromatic N) is 3. The summed E-state index contributed by atoms with van der Waals surface area (Å²) in [6, 6.07) is 10.6. The number of benzene rings is 1. The first-order valence-corrected chi connectivity index (χ1v) is 11.7. The van der Waals surface area contributed by atoms with Crippen LogP contribution in [0.2, 0.25) is 0 Å². The molecule has 0 radical (unpaired) electrons. The van der Waals surface area contributed by atoms with Crippen molar-refractivity contribution in [3.05, 3.63) is 35.9 Å². The summed E-state index contributed by atoms with van der Waals surface area (Å²) >= 11 is 0. The monoisotopic (exact) mass is 444 g/mol. The van der Waals surface area contributed by atoms with E-state index in [2.05, 4.69) is 64.1 Å². The molecule has 32 heavy (non-hydrogen) atoms. The summed E-state index contributed by atoms with van der Waals surface area (Å²) < 4.78 is 0. The van der Waals surface area contributed by atoms with Gasteiger partial charge in [-0.1, -0.05) is 37.3 Å². The van der Waals surface area contributed by atoms with Crippen LogP contribution in [0.25, 0.3) is 0 Å². The van der Waals surface area contributed by atoms with E-state index in [1.54, 1.807) is 6.92 Å². The number of rotatable bonds is 12. The van der Waals surface area contributed by atoms with Crippen LogP contribution in [0.5, 0.6) is 0 Å². The Morgan fingerprint density at radius 3 is 2.56 bits per heavy atom. The minimum Gasteiger partial charge on any atom is -0.357 e. The van der Waals surface area contributed by atoms with E-state index in [1.165, 1.54) is 10.5 Å². The quantitative estimate of drug-likeness (QED) is 0.200. The van der Waals surface area contributed by atoms with Gasteiger partial charge in [0.05, 0.1) is 0 Å². The molecule has 2 unspecified atom stereocenters. The summed E-state index contributed by atoms with van der Waals surface area (Å²) in [6.07, 6.45) is 2.21. The van der Waals surface area contributed by atoms with Gasteiger partial charge in [0.25, 0.3) is 5.91 Å². The van der Waals surface area contributed by atoms with Gasteiger partial charge in [-0.05, 0) is 52.6 Å². The lowest BCUT2D eigenvalue weighted by atomic mass is 9.99. The number of urea groups is 1. The minimum absolute atomic E-state index is 0.146. The summed E-state index contributed by atoms with van der Waals surface area (Å²) in [5.41, 5.74) is 0.537. The molecule has 0 aliphatic carbocycles. The first kappa shape index (κ1) is 25.6. The zero-order valence-electron chi connectivity index (χ0n) is 20.3. The van der Waals surface area contributed by atoms with E-state index in [4.69, 9.17) is 0 Å². The van der Waals surface area contributed by atoms with Crippen molar-refractivity contribution in [2.24, 2.45) is 4.99 Å². The predicted octanol–water partition coefficient (Wildman–Crippen LogP) is 2.56. The molecule has 8 heteroatoms. The molecule has 1 aromatic rings. The van der Waals surface area contributed by atoms with Gasteiger partial charge >= 0.3 is 6.03 Å². The molecule has 1 aromatic carbocycles. The lowest BCUT2D eigenvalue weighted by Gasteiger charge is -2.25. The number of nitrogens with one attached hydrogen (secondary N) is 3. The van der Waals surface area contributed by atoms with Gasteiger partial charge < -0.3 is 16.0 Å². The highest BCUT2D eigenvalue weighted by atomic mass is 16.2. The summed E-state index contributed by atoms with van der Waals surface area (Å²) in [4.78, 5) is 32.8. The molecular formula is C24H40N6O2. The van der Waals surface area contributed by atoms with Crippen LogP contribution in [-0.2, 0) is 11.3 Å². The Bertz CT molecular complexity index is 769. The van der Waals surface area contributed by atoms with Crippen LogP contribution < -0.4 is 16.0 Å². The standard InChI is InChI=1S/C24H40N6O2/c1-6-24(4)21(31)30(23(32)28-24)17-11-15-26-22(25-7-2)27-16-14-19(3)29(5)18-20-12-9-8-10-13-20/h8-10,12-13,19H,6-7,11,14-18H2,1-5H3,(H,28,32)(H2,25,26,27). The summed E-state index contributed by atoms with van der Waals surface area (Å²) in [5.74, 6) is 0.619. The fourth-order valence-corrected chi connectivity index (χ4v) is 3.60. The number of guanidine groups is 1.